The van der Waals surface area contributed by atoms with Gasteiger partial charge in [0.05, 0.1) is 18.2 Å². The van der Waals surface area contributed by atoms with Crippen molar-refractivity contribution in [3.8, 4) is 11.5 Å². The average Bonchev–Trinajstić information content (AvgIpc) is 3.28. The number of aliphatic hydroxyl groups excluding tert-OH is 1. The van der Waals surface area contributed by atoms with Crippen LogP contribution in [0.2, 0.25) is 0 Å². The zero-order valence-corrected chi connectivity index (χ0v) is 25.8. The molecule has 0 aromatic heterocycles. The van der Waals surface area contributed by atoms with Crippen LogP contribution < -0.4 is 9.47 Å². The van der Waals surface area contributed by atoms with E-state index >= 15 is 0 Å². The van der Waals surface area contributed by atoms with Crippen LogP contribution in [0.4, 0.5) is 0 Å². The van der Waals surface area contributed by atoms with Gasteiger partial charge in [0.25, 0.3) is 11.7 Å². The van der Waals surface area contributed by atoms with Crippen LogP contribution >= 0.6 is 0 Å². The Kier molecular flexibility index (Phi) is 11.4. The standard InChI is InChI=1S/C36H44N2O5/c1-5-8-24-42-30-18-14-28(15-19-30)33-32(35(40)36(41)38(33)23-9-22-37(6-2)7-3)34(39)29-16-20-31(21-17-29)43-25-27-12-10-26(4)11-13-27/h10-21,33,39H,5-9,22-25H2,1-4H3/b34-32-. The van der Waals surface area contributed by atoms with Gasteiger partial charge in [-0.3, -0.25) is 9.59 Å². The van der Waals surface area contributed by atoms with Crippen molar-refractivity contribution in [2.45, 2.75) is 59.6 Å². The fourth-order valence-corrected chi connectivity index (χ4v) is 5.26. The van der Waals surface area contributed by atoms with Gasteiger partial charge >= 0.3 is 0 Å². The molecule has 7 heteroatoms. The number of ether oxygens (including phenoxy) is 2. The first kappa shape index (κ1) is 31.8. The maximum atomic E-state index is 13.4. The molecule has 1 heterocycles. The van der Waals surface area contributed by atoms with Crippen molar-refractivity contribution in [1.29, 1.82) is 0 Å². The lowest BCUT2D eigenvalue weighted by molar-refractivity contribution is -0.140. The van der Waals surface area contributed by atoms with Crippen LogP contribution in [0.25, 0.3) is 5.76 Å². The number of rotatable bonds is 15. The molecule has 228 valence electrons. The highest BCUT2D eigenvalue weighted by Crippen LogP contribution is 2.40. The number of ketones is 1. The van der Waals surface area contributed by atoms with Crippen molar-refractivity contribution >= 4 is 17.4 Å². The van der Waals surface area contributed by atoms with Gasteiger partial charge in [-0.1, -0.05) is 69.2 Å². The largest absolute Gasteiger partial charge is 0.507 e. The van der Waals surface area contributed by atoms with E-state index in [-0.39, 0.29) is 11.3 Å². The van der Waals surface area contributed by atoms with E-state index in [2.05, 4.69) is 25.7 Å². The third-order valence-corrected chi connectivity index (χ3v) is 7.92. The molecule has 7 nitrogen and oxygen atoms in total. The Hall–Kier alpha value is -4.10. The van der Waals surface area contributed by atoms with Gasteiger partial charge in [0.2, 0.25) is 0 Å². The maximum absolute atomic E-state index is 13.4. The van der Waals surface area contributed by atoms with Crippen molar-refractivity contribution in [2.24, 2.45) is 0 Å². The Morgan fingerprint density at radius 1 is 0.837 bits per heavy atom. The first-order valence-corrected chi connectivity index (χ1v) is 15.4. The van der Waals surface area contributed by atoms with Gasteiger partial charge in [0.15, 0.2) is 0 Å². The molecule has 0 radical (unpaired) electrons. The normalized spacial score (nSPS) is 16.2. The zero-order chi connectivity index (χ0) is 30.8. The fraction of sp³-hybridized carbons (Fsp3) is 0.389. The number of Topliss-reactive ketones (excluding diaryl/α,β-unsaturated/α-hetero) is 1. The Morgan fingerprint density at radius 3 is 2.09 bits per heavy atom. The van der Waals surface area contributed by atoms with Crippen LogP contribution in [0.15, 0.2) is 78.4 Å². The number of carbonyl (C=O) groups excluding carboxylic acids is 2. The molecular formula is C36H44N2O5. The molecule has 0 bridgehead atoms. The summed E-state index contributed by atoms with van der Waals surface area (Å²) in [6, 6.07) is 21.9. The molecule has 0 aliphatic carbocycles. The minimum absolute atomic E-state index is 0.0980. The summed E-state index contributed by atoms with van der Waals surface area (Å²) in [5, 5.41) is 11.5. The summed E-state index contributed by atoms with van der Waals surface area (Å²) in [4.78, 5) is 30.7. The van der Waals surface area contributed by atoms with E-state index in [1.165, 1.54) is 5.56 Å². The number of likely N-dealkylation sites (tertiary alicyclic amines) is 1. The maximum Gasteiger partial charge on any atom is 0.295 e. The molecule has 1 aliphatic heterocycles. The first-order valence-electron chi connectivity index (χ1n) is 15.4. The van der Waals surface area contributed by atoms with Gasteiger partial charge in [0.1, 0.15) is 23.9 Å². The second-order valence-electron chi connectivity index (χ2n) is 10.9. The summed E-state index contributed by atoms with van der Waals surface area (Å²) in [5.41, 5.74) is 3.55. The molecule has 1 N–H and O–H groups in total. The van der Waals surface area contributed by atoms with Crippen molar-refractivity contribution < 1.29 is 24.2 Å². The number of hydrogen-bond donors (Lipinski definition) is 1. The molecule has 1 amide bonds. The lowest BCUT2D eigenvalue weighted by atomic mass is 9.95. The average molecular weight is 585 g/mol. The number of hydrogen-bond acceptors (Lipinski definition) is 6. The summed E-state index contributed by atoms with van der Waals surface area (Å²) in [6.45, 7) is 12.5. The minimum Gasteiger partial charge on any atom is -0.507 e. The molecule has 0 spiro atoms. The Balaban J connectivity index is 1.60. The van der Waals surface area contributed by atoms with Crippen LogP contribution in [0.1, 0.15) is 68.3 Å². The van der Waals surface area contributed by atoms with E-state index in [0.29, 0.717) is 31.1 Å². The lowest BCUT2D eigenvalue weighted by Gasteiger charge is -2.27. The third-order valence-electron chi connectivity index (χ3n) is 7.92. The number of aliphatic hydroxyl groups is 1. The third kappa shape index (κ3) is 8.05. The summed E-state index contributed by atoms with van der Waals surface area (Å²) >= 11 is 0. The second kappa shape index (κ2) is 15.4. The predicted molar refractivity (Wildman–Crippen MR) is 170 cm³/mol. The molecule has 4 rings (SSSR count). The SMILES string of the molecule is CCCCOc1ccc(C2/C(=C(/O)c3ccc(OCc4ccc(C)cc4)cc3)C(=O)C(=O)N2CCCN(CC)CC)cc1. The quantitative estimate of drug-likeness (QED) is 0.0906. The van der Waals surface area contributed by atoms with Crippen molar-refractivity contribution in [2.75, 3.05) is 32.8 Å². The summed E-state index contributed by atoms with van der Waals surface area (Å²) in [6.07, 6.45) is 2.72. The molecule has 1 atom stereocenters. The van der Waals surface area contributed by atoms with E-state index in [4.69, 9.17) is 9.47 Å². The van der Waals surface area contributed by atoms with Crippen molar-refractivity contribution in [3.05, 3.63) is 101 Å². The summed E-state index contributed by atoms with van der Waals surface area (Å²) < 4.78 is 11.8. The number of aryl methyl sites for hydroxylation is 1. The van der Waals surface area contributed by atoms with Gasteiger partial charge < -0.3 is 24.4 Å². The topological polar surface area (TPSA) is 79.3 Å². The van der Waals surface area contributed by atoms with Crippen LogP contribution in [0.3, 0.4) is 0 Å². The highest BCUT2D eigenvalue weighted by atomic mass is 16.5. The predicted octanol–water partition coefficient (Wildman–Crippen LogP) is 6.91. The molecule has 1 unspecified atom stereocenters. The van der Waals surface area contributed by atoms with E-state index in [1.54, 1.807) is 29.2 Å². The number of unbranched alkanes of at least 4 members (excludes halogenated alkanes) is 1. The minimum atomic E-state index is -0.696. The Labute approximate surface area is 255 Å². The van der Waals surface area contributed by atoms with Crippen molar-refractivity contribution in [3.63, 3.8) is 0 Å². The number of benzene rings is 3. The van der Waals surface area contributed by atoms with Crippen LogP contribution in [0, 0.1) is 6.92 Å². The molecule has 1 aliphatic rings. The fourth-order valence-electron chi connectivity index (χ4n) is 5.26. The highest BCUT2D eigenvalue weighted by molar-refractivity contribution is 6.46. The zero-order valence-electron chi connectivity index (χ0n) is 25.8. The van der Waals surface area contributed by atoms with Gasteiger partial charge in [-0.05, 0) is 86.9 Å². The van der Waals surface area contributed by atoms with E-state index < -0.39 is 17.7 Å². The number of nitrogens with zero attached hydrogens (tertiary/aromatic N) is 2. The molecular weight excluding hydrogens is 540 g/mol. The molecule has 1 fully saturated rings. The van der Waals surface area contributed by atoms with Crippen LogP contribution in [0.5, 0.6) is 11.5 Å². The van der Waals surface area contributed by atoms with Gasteiger partial charge in [0, 0.05) is 12.1 Å². The Morgan fingerprint density at radius 2 is 1.47 bits per heavy atom. The molecule has 43 heavy (non-hydrogen) atoms. The molecule has 3 aromatic carbocycles. The molecule has 3 aromatic rings. The van der Waals surface area contributed by atoms with Crippen LogP contribution in [-0.4, -0.2) is 59.4 Å². The molecule has 1 saturated heterocycles. The van der Waals surface area contributed by atoms with E-state index in [9.17, 15) is 14.7 Å². The first-order chi connectivity index (χ1) is 20.9. The Bertz CT molecular complexity index is 1380. The van der Waals surface area contributed by atoms with Gasteiger partial charge in [-0.2, -0.15) is 0 Å². The van der Waals surface area contributed by atoms with E-state index in [1.807, 2.05) is 55.5 Å². The molecule has 0 saturated carbocycles. The summed E-state index contributed by atoms with van der Waals surface area (Å²) in [5.74, 6) is -0.0789. The monoisotopic (exact) mass is 584 g/mol. The number of amides is 1. The lowest BCUT2D eigenvalue weighted by Crippen LogP contribution is -2.33. The highest BCUT2D eigenvalue weighted by Gasteiger charge is 2.45. The van der Waals surface area contributed by atoms with Gasteiger partial charge in [-0.15, -0.1) is 0 Å². The van der Waals surface area contributed by atoms with Crippen LogP contribution in [-0.2, 0) is 16.2 Å². The second-order valence-corrected chi connectivity index (χ2v) is 10.9. The number of carbonyl (C=O) groups is 2. The van der Waals surface area contributed by atoms with E-state index in [0.717, 1.165) is 55.8 Å². The van der Waals surface area contributed by atoms with Crippen molar-refractivity contribution in [1.82, 2.24) is 9.80 Å². The van der Waals surface area contributed by atoms with Gasteiger partial charge in [-0.25, -0.2) is 0 Å². The smallest absolute Gasteiger partial charge is 0.295 e. The summed E-state index contributed by atoms with van der Waals surface area (Å²) in [7, 11) is 0.